The first-order valence-electron chi connectivity index (χ1n) is 6.91. The predicted octanol–water partition coefficient (Wildman–Crippen LogP) is 1.52. The van der Waals surface area contributed by atoms with Gasteiger partial charge < -0.3 is 15.8 Å². The zero-order chi connectivity index (χ0) is 14.5. The second-order valence-corrected chi connectivity index (χ2v) is 5.28. The molecule has 0 atom stereocenters. The van der Waals surface area contributed by atoms with Gasteiger partial charge >= 0.3 is 0 Å². The SMILES string of the molecule is Cc1ccccc1CC(=O)N1CCC(C(N)=NO)CC1. The average Bonchev–Trinajstić information content (AvgIpc) is 2.49. The van der Waals surface area contributed by atoms with Crippen molar-refractivity contribution in [2.24, 2.45) is 16.8 Å². The van der Waals surface area contributed by atoms with Crippen LogP contribution in [0.1, 0.15) is 24.0 Å². The van der Waals surface area contributed by atoms with E-state index in [1.165, 1.54) is 0 Å². The highest BCUT2D eigenvalue weighted by atomic mass is 16.4. The highest BCUT2D eigenvalue weighted by Gasteiger charge is 2.25. The van der Waals surface area contributed by atoms with Gasteiger partial charge in [-0.3, -0.25) is 4.79 Å². The van der Waals surface area contributed by atoms with Crippen molar-refractivity contribution in [1.29, 1.82) is 0 Å². The Kier molecular flexibility index (Phi) is 4.61. The molecule has 1 aromatic carbocycles. The number of amidine groups is 1. The van der Waals surface area contributed by atoms with E-state index in [0.717, 1.165) is 24.0 Å². The molecule has 1 aromatic rings. The molecule has 1 heterocycles. The van der Waals surface area contributed by atoms with Gasteiger partial charge in [0.1, 0.15) is 5.84 Å². The summed E-state index contributed by atoms with van der Waals surface area (Å²) >= 11 is 0. The number of benzene rings is 1. The smallest absolute Gasteiger partial charge is 0.226 e. The van der Waals surface area contributed by atoms with E-state index in [4.69, 9.17) is 10.9 Å². The Morgan fingerprint density at radius 2 is 2.05 bits per heavy atom. The summed E-state index contributed by atoms with van der Waals surface area (Å²) in [6.45, 7) is 3.37. The maximum absolute atomic E-state index is 12.3. The van der Waals surface area contributed by atoms with Crippen molar-refractivity contribution < 1.29 is 10.0 Å². The number of nitrogens with two attached hydrogens (primary N) is 1. The Hall–Kier alpha value is -2.04. The van der Waals surface area contributed by atoms with Crippen LogP contribution in [0.2, 0.25) is 0 Å². The Morgan fingerprint density at radius 3 is 2.65 bits per heavy atom. The van der Waals surface area contributed by atoms with Crippen LogP contribution in [0.15, 0.2) is 29.4 Å². The van der Waals surface area contributed by atoms with E-state index in [0.29, 0.717) is 19.5 Å². The lowest BCUT2D eigenvalue weighted by Crippen LogP contribution is -2.42. The van der Waals surface area contributed by atoms with E-state index in [1.807, 2.05) is 36.1 Å². The molecule has 108 valence electrons. The van der Waals surface area contributed by atoms with E-state index < -0.39 is 0 Å². The standard InChI is InChI=1S/C15H21N3O2/c1-11-4-2-3-5-13(11)10-14(19)18-8-6-12(7-9-18)15(16)17-20/h2-5,12,20H,6-10H2,1H3,(H2,16,17). The molecule has 1 amide bonds. The van der Waals surface area contributed by atoms with Gasteiger partial charge in [0.2, 0.25) is 5.91 Å². The quantitative estimate of drug-likeness (QED) is 0.380. The number of oxime groups is 1. The topological polar surface area (TPSA) is 78.9 Å². The Balaban J connectivity index is 1.91. The van der Waals surface area contributed by atoms with Gasteiger partial charge in [0.05, 0.1) is 6.42 Å². The highest BCUT2D eigenvalue weighted by molar-refractivity contribution is 5.83. The van der Waals surface area contributed by atoms with Crippen LogP contribution in [-0.4, -0.2) is 34.9 Å². The molecule has 0 aliphatic carbocycles. The number of nitrogens with zero attached hydrogens (tertiary/aromatic N) is 2. The Morgan fingerprint density at radius 1 is 1.40 bits per heavy atom. The van der Waals surface area contributed by atoms with Crippen LogP contribution < -0.4 is 5.73 Å². The zero-order valence-corrected chi connectivity index (χ0v) is 11.7. The second kappa shape index (κ2) is 6.41. The van der Waals surface area contributed by atoms with Crippen molar-refractivity contribution in [3.63, 3.8) is 0 Å². The monoisotopic (exact) mass is 275 g/mol. The van der Waals surface area contributed by atoms with Crippen LogP contribution in [0.25, 0.3) is 0 Å². The first-order chi connectivity index (χ1) is 9.61. The molecule has 1 aliphatic heterocycles. The summed E-state index contributed by atoms with van der Waals surface area (Å²) < 4.78 is 0. The van der Waals surface area contributed by atoms with Crippen LogP contribution in [0.5, 0.6) is 0 Å². The number of carbonyl (C=O) groups excluding carboxylic acids is 1. The number of rotatable bonds is 3. The lowest BCUT2D eigenvalue weighted by molar-refractivity contribution is -0.131. The number of hydrogen-bond acceptors (Lipinski definition) is 3. The third kappa shape index (κ3) is 3.29. The molecular weight excluding hydrogens is 254 g/mol. The fourth-order valence-corrected chi connectivity index (χ4v) is 2.59. The summed E-state index contributed by atoms with van der Waals surface area (Å²) in [5, 5.41) is 11.7. The Bertz CT molecular complexity index is 506. The number of piperidine rings is 1. The summed E-state index contributed by atoms with van der Waals surface area (Å²) in [6.07, 6.45) is 1.96. The molecule has 2 rings (SSSR count). The average molecular weight is 275 g/mol. The molecule has 3 N–H and O–H groups in total. The Labute approximate surface area is 119 Å². The minimum absolute atomic E-state index is 0.0857. The summed E-state index contributed by atoms with van der Waals surface area (Å²) in [7, 11) is 0. The van der Waals surface area contributed by atoms with Crippen LogP contribution in [0.3, 0.4) is 0 Å². The van der Waals surface area contributed by atoms with E-state index >= 15 is 0 Å². The van der Waals surface area contributed by atoms with Gasteiger partial charge in [0.25, 0.3) is 0 Å². The number of likely N-dealkylation sites (tertiary alicyclic amines) is 1. The van der Waals surface area contributed by atoms with Gasteiger partial charge in [-0.15, -0.1) is 0 Å². The van der Waals surface area contributed by atoms with E-state index in [-0.39, 0.29) is 17.7 Å². The molecule has 1 aliphatic rings. The molecule has 1 saturated heterocycles. The van der Waals surface area contributed by atoms with Crippen molar-refractivity contribution in [3.8, 4) is 0 Å². The van der Waals surface area contributed by atoms with Gasteiger partial charge in [-0.25, -0.2) is 0 Å². The summed E-state index contributed by atoms with van der Waals surface area (Å²) in [6, 6.07) is 7.95. The minimum Gasteiger partial charge on any atom is -0.409 e. The number of aryl methyl sites for hydroxylation is 1. The molecule has 5 heteroatoms. The van der Waals surface area contributed by atoms with Crippen LogP contribution in [0.4, 0.5) is 0 Å². The van der Waals surface area contributed by atoms with Gasteiger partial charge in [0, 0.05) is 19.0 Å². The van der Waals surface area contributed by atoms with Gasteiger partial charge in [-0.1, -0.05) is 29.4 Å². The van der Waals surface area contributed by atoms with Crippen LogP contribution >= 0.6 is 0 Å². The van der Waals surface area contributed by atoms with Crippen molar-refractivity contribution >= 4 is 11.7 Å². The molecular formula is C15H21N3O2. The van der Waals surface area contributed by atoms with Crippen molar-refractivity contribution in [2.75, 3.05) is 13.1 Å². The van der Waals surface area contributed by atoms with Crippen LogP contribution in [0, 0.1) is 12.8 Å². The van der Waals surface area contributed by atoms with Gasteiger partial charge in [0.15, 0.2) is 0 Å². The molecule has 1 fully saturated rings. The van der Waals surface area contributed by atoms with E-state index in [9.17, 15) is 4.79 Å². The normalized spacial score (nSPS) is 17.2. The van der Waals surface area contributed by atoms with Crippen molar-refractivity contribution in [2.45, 2.75) is 26.2 Å². The van der Waals surface area contributed by atoms with Gasteiger partial charge in [-0.2, -0.15) is 0 Å². The third-order valence-electron chi connectivity index (χ3n) is 3.98. The number of carbonyl (C=O) groups is 1. The first-order valence-corrected chi connectivity index (χ1v) is 6.91. The predicted molar refractivity (Wildman–Crippen MR) is 77.6 cm³/mol. The summed E-state index contributed by atoms with van der Waals surface area (Å²) in [5.74, 6) is 0.510. The molecule has 0 saturated carbocycles. The third-order valence-corrected chi connectivity index (χ3v) is 3.98. The van der Waals surface area contributed by atoms with Crippen molar-refractivity contribution in [3.05, 3.63) is 35.4 Å². The molecule has 0 bridgehead atoms. The highest BCUT2D eigenvalue weighted by Crippen LogP contribution is 2.18. The molecule has 0 spiro atoms. The fourth-order valence-electron chi connectivity index (χ4n) is 2.59. The summed E-state index contributed by atoms with van der Waals surface area (Å²) in [5.41, 5.74) is 7.83. The maximum Gasteiger partial charge on any atom is 0.226 e. The lowest BCUT2D eigenvalue weighted by Gasteiger charge is -2.31. The van der Waals surface area contributed by atoms with E-state index in [2.05, 4.69) is 5.16 Å². The van der Waals surface area contributed by atoms with E-state index in [1.54, 1.807) is 0 Å². The van der Waals surface area contributed by atoms with Gasteiger partial charge in [-0.05, 0) is 30.9 Å². The minimum atomic E-state index is 0.0857. The molecule has 0 unspecified atom stereocenters. The first kappa shape index (κ1) is 14.4. The zero-order valence-electron chi connectivity index (χ0n) is 11.7. The molecule has 0 radical (unpaired) electrons. The second-order valence-electron chi connectivity index (χ2n) is 5.28. The number of amides is 1. The number of hydrogen-bond donors (Lipinski definition) is 2. The lowest BCUT2D eigenvalue weighted by atomic mass is 9.95. The fraction of sp³-hybridized carbons (Fsp3) is 0.467. The molecule has 20 heavy (non-hydrogen) atoms. The molecule has 0 aromatic heterocycles. The largest absolute Gasteiger partial charge is 0.409 e. The molecule has 5 nitrogen and oxygen atoms in total. The maximum atomic E-state index is 12.3. The summed E-state index contributed by atoms with van der Waals surface area (Å²) in [4.78, 5) is 14.1. The van der Waals surface area contributed by atoms with Crippen LogP contribution in [-0.2, 0) is 11.2 Å². The van der Waals surface area contributed by atoms with Crippen molar-refractivity contribution in [1.82, 2.24) is 4.90 Å².